The molecule has 1 aliphatic heterocycles. The molecule has 1 aliphatic rings. The van der Waals surface area contributed by atoms with E-state index >= 15 is 0 Å². The Hall–Kier alpha value is -2.63. The molecule has 0 radical (unpaired) electrons. The second-order valence-corrected chi connectivity index (χ2v) is 4.29. The van der Waals surface area contributed by atoms with Gasteiger partial charge in [-0.2, -0.15) is 0 Å². The number of nitrogens with one attached hydrogen (secondary N) is 1. The first-order valence-electron chi connectivity index (χ1n) is 5.92. The predicted octanol–water partition coefficient (Wildman–Crippen LogP) is 1.67. The van der Waals surface area contributed by atoms with Gasteiger partial charge in [0.15, 0.2) is 17.1 Å². The monoisotopic (exact) mass is 254 g/mol. The van der Waals surface area contributed by atoms with Crippen LogP contribution >= 0.6 is 0 Å². The smallest absolute Gasteiger partial charge is 0.231 e. The van der Waals surface area contributed by atoms with Crippen LogP contribution in [0.25, 0.3) is 11.2 Å². The highest BCUT2D eigenvalue weighted by atomic mass is 16.7. The van der Waals surface area contributed by atoms with Crippen LogP contribution in [-0.4, -0.2) is 26.7 Å². The minimum Gasteiger partial charge on any atom is -0.454 e. The molecule has 4 rings (SSSR count). The number of aromatic nitrogens is 4. The van der Waals surface area contributed by atoms with E-state index in [1.54, 1.807) is 12.5 Å². The molecule has 0 aliphatic carbocycles. The third kappa shape index (κ3) is 1.77. The van der Waals surface area contributed by atoms with Crippen LogP contribution in [0.4, 0.5) is 0 Å². The van der Waals surface area contributed by atoms with Crippen molar-refractivity contribution in [2.24, 2.45) is 0 Å². The number of rotatable bonds is 2. The average molecular weight is 254 g/mol. The van der Waals surface area contributed by atoms with Crippen LogP contribution in [0.3, 0.4) is 0 Å². The van der Waals surface area contributed by atoms with Crippen molar-refractivity contribution >= 4 is 11.2 Å². The van der Waals surface area contributed by atoms with Crippen molar-refractivity contribution in [3.05, 3.63) is 42.1 Å². The molecule has 6 heteroatoms. The van der Waals surface area contributed by atoms with Crippen LogP contribution in [-0.2, 0) is 6.42 Å². The van der Waals surface area contributed by atoms with Crippen molar-refractivity contribution in [1.82, 2.24) is 19.9 Å². The normalized spacial score (nSPS) is 13.1. The lowest BCUT2D eigenvalue weighted by atomic mass is 10.1. The SMILES string of the molecule is c1nc2nc(Cc3ccc4c(c3)OCO4)ncc2[nH]1. The molecular formula is C13H10N4O2. The summed E-state index contributed by atoms with van der Waals surface area (Å²) in [6.07, 6.45) is 4.00. The highest BCUT2D eigenvalue weighted by Gasteiger charge is 2.13. The average Bonchev–Trinajstić information content (AvgIpc) is 3.05. The van der Waals surface area contributed by atoms with Crippen LogP contribution in [0.2, 0.25) is 0 Å². The molecule has 3 heterocycles. The summed E-state index contributed by atoms with van der Waals surface area (Å²) in [5, 5.41) is 0. The number of hydrogen-bond donors (Lipinski definition) is 1. The van der Waals surface area contributed by atoms with E-state index < -0.39 is 0 Å². The Morgan fingerprint density at radius 1 is 1.16 bits per heavy atom. The standard InChI is InChI=1S/C13H10N4O2/c1-2-10-11(19-7-18-10)3-8(1)4-12-14-5-9-13(17-12)16-6-15-9/h1-3,5-6H,4,7H2,(H,14,15,16,17). The zero-order valence-corrected chi connectivity index (χ0v) is 9.96. The first-order chi connectivity index (χ1) is 9.38. The number of ether oxygens (including phenoxy) is 2. The van der Waals surface area contributed by atoms with Gasteiger partial charge in [0.1, 0.15) is 11.3 Å². The lowest BCUT2D eigenvalue weighted by Gasteiger charge is -2.02. The van der Waals surface area contributed by atoms with Crippen molar-refractivity contribution in [2.45, 2.75) is 6.42 Å². The maximum atomic E-state index is 5.35. The Morgan fingerprint density at radius 3 is 3.11 bits per heavy atom. The fourth-order valence-corrected chi connectivity index (χ4v) is 2.09. The number of imidazole rings is 1. The van der Waals surface area contributed by atoms with Crippen molar-refractivity contribution < 1.29 is 9.47 Å². The van der Waals surface area contributed by atoms with Gasteiger partial charge in [0.2, 0.25) is 6.79 Å². The Bertz CT molecular complexity index is 753. The number of hydrogen-bond acceptors (Lipinski definition) is 5. The predicted molar refractivity (Wildman–Crippen MR) is 67.1 cm³/mol. The summed E-state index contributed by atoms with van der Waals surface area (Å²) < 4.78 is 10.6. The molecule has 19 heavy (non-hydrogen) atoms. The Balaban J connectivity index is 1.66. The molecule has 0 bridgehead atoms. The van der Waals surface area contributed by atoms with Crippen molar-refractivity contribution in [2.75, 3.05) is 6.79 Å². The molecule has 1 aromatic carbocycles. The van der Waals surface area contributed by atoms with E-state index in [4.69, 9.17) is 9.47 Å². The lowest BCUT2D eigenvalue weighted by molar-refractivity contribution is 0.174. The van der Waals surface area contributed by atoms with Gasteiger partial charge in [-0.3, -0.25) is 0 Å². The minimum atomic E-state index is 0.286. The van der Waals surface area contributed by atoms with Gasteiger partial charge in [0.05, 0.1) is 12.5 Å². The molecule has 0 saturated carbocycles. The van der Waals surface area contributed by atoms with Gasteiger partial charge < -0.3 is 14.5 Å². The summed E-state index contributed by atoms with van der Waals surface area (Å²) >= 11 is 0. The Kier molecular flexibility index (Phi) is 2.14. The van der Waals surface area contributed by atoms with Gasteiger partial charge in [-0.1, -0.05) is 6.07 Å². The third-order valence-corrected chi connectivity index (χ3v) is 3.02. The van der Waals surface area contributed by atoms with Gasteiger partial charge in [-0.05, 0) is 17.7 Å². The first-order valence-corrected chi connectivity index (χ1v) is 5.92. The summed E-state index contributed by atoms with van der Waals surface area (Å²) in [6, 6.07) is 5.86. The van der Waals surface area contributed by atoms with Gasteiger partial charge >= 0.3 is 0 Å². The summed E-state index contributed by atoms with van der Waals surface area (Å²) in [7, 11) is 0. The van der Waals surface area contributed by atoms with E-state index in [1.807, 2.05) is 18.2 Å². The van der Waals surface area contributed by atoms with Crippen molar-refractivity contribution in [3.63, 3.8) is 0 Å². The van der Waals surface area contributed by atoms with Crippen LogP contribution in [0.15, 0.2) is 30.7 Å². The molecule has 0 amide bonds. The molecule has 3 aromatic rings. The van der Waals surface area contributed by atoms with Gasteiger partial charge in [-0.25, -0.2) is 15.0 Å². The van der Waals surface area contributed by atoms with Crippen LogP contribution < -0.4 is 9.47 Å². The maximum absolute atomic E-state index is 5.35. The van der Waals surface area contributed by atoms with Crippen LogP contribution in [0.1, 0.15) is 11.4 Å². The number of benzene rings is 1. The molecule has 1 N–H and O–H groups in total. The fourth-order valence-electron chi connectivity index (χ4n) is 2.09. The molecule has 0 atom stereocenters. The highest BCUT2D eigenvalue weighted by molar-refractivity contribution is 5.68. The van der Waals surface area contributed by atoms with E-state index in [0.717, 1.165) is 28.4 Å². The molecule has 0 unspecified atom stereocenters. The molecule has 94 valence electrons. The molecule has 2 aromatic heterocycles. The second-order valence-electron chi connectivity index (χ2n) is 4.29. The topological polar surface area (TPSA) is 72.9 Å². The quantitative estimate of drug-likeness (QED) is 0.753. The Morgan fingerprint density at radius 2 is 2.11 bits per heavy atom. The Labute approximate surface area is 108 Å². The maximum Gasteiger partial charge on any atom is 0.231 e. The molecular weight excluding hydrogens is 244 g/mol. The van der Waals surface area contributed by atoms with Gasteiger partial charge in [-0.15, -0.1) is 0 Å². The molecule has 0 saturated heterocycles. The number of nitrogens with zero attached hydrogens (tertiary/aromatic N) is 3. The molecule has 0 fully saturated rings. The fraction of sp³-hybridized carbons (Fsp3) is 0.154. The van der Waals surface area contributed by atoms with E-state index in [2.05, 4.69) is 19.9 Å². The third-order valence-electron chi connectivity index (χ3n) is 3.02. The van der Waals surface area contributed by atoms with E-state index in [9.17, 15) is 0 Å². The summed E-state index contributed by atoms with van der Waals surface area (Å²) in [5.74, 6) is 2.30. The van der Waals surface area contributed by atoms with Gasteiger partial charge in [0.25, 0.3) is 0 Å². The number of aromatic amines is 1. The molecule has 0 spiro atoms. The van der Waals surface area contributed by atoms with E-state index in [1.165, 1.54) is 0 Å². The number of fused-ring (bicyclic) bond motifs is 2. The summed E-state index contributed by atoms with van der Waals surface area (Å²) in [6.45, 7) is 0.286. The van der Waals surface area contributed by atoms with E-state index in [0.29, 0.717) is 12.1 Å². The first kappa shape index (κ1) is 10.3. The highest BCUT2D eigenvalue weighted by Crippen LogP contribution is 2.32. The zero-order chi connectivity index (χ0) is 12.7. The zero-order valence-electron chi connectivity index (χ0n) is 9.96. The van der Waals surface area contributed by atoms with Crippen LogP contribution in [0.5, 0.6) is 11.5 Å². The van der Waals surface area contributed by atoms with Gasteiger partial charge in [0, 0.05) is 6.42 Å². The summed E-state index contributed by atoms with van der Waals surface area (Å²) in [4.78, 5) is 15.8. The minimum absolute atomic E-state index is 0.286. The van der Waals surface area contributed by atoms with Crippen molar-refractivity contribution in [1.29, 1.82) is 0 Å². The molecule has 6 nitrogen and oxygen atoms in total. The number of H-pyrrole nitrogens is 1. The lowest BCUT2D eigenvalue weighted by Crippen LogP contribution is -1.96. The second kappa shape index (κ2) is 3.94. The summed E-state index contributed by atoms with van der Waals surface area (Å²) in [5.41, 5.74) is 2.61. The largest absolute Gasteiger partial charge is 0.454 e. The van der Waals surface area contributed by atoms with Crippen molar-refractivity contribution in [3.8, 4) is 11.5 Å². The van der Waals surface area contributed by atoms with Crippen LogP contribution in [0, 0.1) is 0 Å². The van der Waals surface area contributed by atoms with E-state index in [-0.39, 0.29) is 6.79 Å².